The molecule has 0 spiro atoms. The first-order valence-electron chi connectivity index (χ1n) is 12.2. The van der Waals surface area contributed by atoms with Crippen LogP contribution >= 0.6 is 39.1 Å². The zero-order valence-electron chi connectivity index (χ0n) is 21.3. The van der Waals surface area contributed by atoms with E-state index >= 15 is 4.39 Å². The number of aliphatic hydroxyl groups excluding tert-OH is 1. The van der Waals surface area contributed by atoms with Crippen LogP contribution in [0.25, 0.3) is 10.9 Å². The topological polar surface area (TPSA) is 99.1 Å². The molecular weight excluding hydrogens is 616 g/mol. The van der Waals surface area contributed by atoms with Crippen LogP contribution in [0, 0.1) is 5.82 Å². The minimum absolute atomic E-state index is 0.0209. The first-order chi connectivity index (χ1) is 18.6. The number of hydrogen-bond donors (Lipinski definition) is 1. The number of rotatable bonds is 7. The minimum atomic E-state index is -0.909. The third-order valence-electron chi connectivity index (χ3n) is 6.54. The first kappa shape index (κ1) is 29.3. The van der Waals surface area contributed by atoms with E-state index in [9.17, 15) is 14.7 Å². The Balaban J connectivity index is 1.71. The Bertz CT molecular complexity index is 1370. The number of benzene rings is 2. The number of ether oxygens (including phenoxy) is 1. The van der Waals surface area contributed by atoms with Gasteiger partial charge >= 0.3 is 6.09 Å². The van der Waals surface area contributed by atoms with E-state index < -0.39 is 24.0 Å². The summed E-state index contributed by atoms with van der Waals surface area (Å²) in [5, 5.41) is 9.43. The summed E-state index contributed by atoms with van der Waals surface area (Å²) in [6.45, 7) is 2.27. The highest BCUT2D eigenvalue weighted by atomic mass is 79.9. The average molecular weight is 643 g/mol. The molecular formula is C26H27BrCl2FN5O4. The number of fused-ring (bicyclic) bond motifs is 1. The number of halogens is 4. The van der Waals surface area contributed by atoms with E-state index in [0.717, 1.165) is 5.56 Å². The van der Waals surface area contributed by atoms with E-state index in [0.29, 0.717) is 13.0 Å². The van der Waals surface area contributed by atoms with Gasteiger partial charge in [-0.2, -0.15) is 4.98 Å². The lowest BCUT2D eigenvalue weighted by atomic mass is 10.0. The van der Waals surface area contributed by atoms with E-state index in [2.05, 4.69) is 25.9 Å². The molecule has 2 unspecified atom stereocenters. The summed E-state index contributed by atoms with van der Waals surface area (Å²) in [6, 6.07) is 9.48. The van der Waals surface area contributed by atoms with Crippen molar-refractivity contribution in [2.45, 2.75) is 32.0 Å². The summed E-state index contributed by atoms with van der Waals surface area (Å²) in [5.74, 6) is -0.804. The number of aromatic nitrogens is 2. The molecule has 3 aromatic rings. The molecule has 9 nitrogen and oxygen atoms in total. The lowest BCUT2D eigenvalue weighted by Gasteiger charge is -2.45. The van der Waals surface area contributed by atoms with Crippen molar-refractivity contribution in [2.24, 2.45) is 0 Å². The fraction of sp³-hybridized carbons (Fsp3) is 0.385. The number of carbonyl (C=O) groups is 2. The maximum atomic E-state index is 15.1. The molecule has 13 heteroatoms. The smallest absolute Gasteiger partial charge is 0.410 e. The second-order valence-electron chi connectivity index (χ2n) is 9.25. The molecule has 4 rings (SSSR count). The highest BCUT2D eigenvalue weighted by molar-refractivity contribution is 9.10. The van der Waals surface area contributed by atoms with Crippen molar-refractivity contribution in [3.05, 3.63) is 62.6 Å². The van der Waals surface area contributed by atoms with Gasteiger partial charge in [-0.25, -0.2) is 14.2 Å². The molecule has 0 saturated carbocycles. The van der Waals surface area contributed by atoms with E-state index in [4.69, 9.17) is 27.9 Å². The predicted molar refractivity (Wildman–Crippen MR) is 150 cm³/mol. The van der Waals surface area contributed by atoms with Crippen molar-refractivity contribution in [3.63, 3.8) is 0 Å². The largest absolute Gasteiger partial charge is 0.445 e. The van der Waals surface area contributed by atoms with Crippen LogP contribution in [0.15, 0.2) is 40.9 Å². The Labute approximate surface area is 243 Å². The second kappa shape index (κ2) is 12.6. The number of nitrogens with zero attached hydrogens (tertiary/aromatic N) is 5. The lowest BCUT2D eigenvalue weighted by Crippen LogP contribution is -2.63. The zero-order valence-corrected chi connectivity index (χ0v) is 24.4. The molecule has 1 aromatic heterocycles. The highest BCUT2D eigenvalue weighted by Crippen LogP contribution is 2.37. The summed E-state index contributed by atoms with van der Waals surface area (Å²) in [6.07, 6.45) is -0.184. The van der Waals surface area contributed by atoms with Crippen LogP contribution in [-0.2, 0) is 16.1 Å². The summed E-state index contributed by atoms with van der Waals surface area (Å²) in [5.41, 5.74) is 0.777. The van der Waals surface area contributed by atoms with E-state index in [-0.39, 0.29) is 63.7 Å². The van der Waals surface area contributed by atoms with Gasteiger partial charge in [0.25, 0.3) is 0 Å². The number of amides is 2. The van der Waals surface area contributed by atoms with E-state index in [1.807, 2.05) is 37.3 Å². The van der Waals surface area contributed by atoms with Gasteiger partial charge in [-0.05, 0) is 52.5 Å². The van der Waals surface area contributed by atoms with Gasteiger partial charge in [0.1, 0.15) is 24.0 Å². The Morgan fingerprint density at radius 1 is 1.23 bits per heavy atom. The zero-order chi connectivity index (χ0) is 28.3. The monoisotopic (exact) mass is 641 g/mol. The van der Waals surface area contributed by atoms with Crippen LogP contribution < -0.4 is 4.90 Å². The van der Waals surface area contributed by atoms with Crippen LogP contribution in [0.1, 0.15) is 18.9 Å². The molecule has 1 aliphatic heterocycles. The minimum Gasteiger partial charge on any atom is -0.445 e. The van der Waals surface area contributed by atoms with Crippen LogP contribution in [0.5, 0.6) is 0 Å². The molecule has 0 aliphatic carbocycles. The maximum absolute atomic E-state index is 15.1. The molecule has 1 fully saturated rings. The second-order valence-corrected chi connectivity index (χ2v) is 10.8. The van der Waals surface area contributed by atoms with Gasteiger partial charge in [-0.15, -0.1) is 0 Å². The summed E-state index contributed by atoms with van der Waals surface area (Å²) in [4.78, 5) is 39.9. The van der Waals surface area contributed by atoms with Gasteiger partial charge in [0.2, 0.25) is 11.2 Å². The molecule has 2 heterocycles. The SMILES string of the molecule is CC1CN(c2nc(Cl)nc3c(F)c(Br)c(Cl)cc23)C(C(=O)N(C)CCCO)CN1C(=O)OCc1ccccc1. The van der Waals surface area contributed by atoms with Gasteiger partial charge in [0.05, 0.1) is 16.0 Å². The van der Waals surface area contributed by atoms with Crippen LogP contribution in [0.4, 0.5) is 15.0 Å². The fourth-order valence-corrected chi connectivity index (χ4v) is 5.16. The molecule has 208 valence electrons. The molecule has 2 amide bonds. The Hall–Kier alpha value is -2.73. The van der Waals surface area contributed by atoms with Crippen LogP contribution in [0.3, 0.4) is 0 Å². The summed E-state index contributed by atoms with van der Waals surface area (Å²) < 4.78 is 20.7. The van der Waals surface area contributed by atoms with Crippen molar-refractivity contribution in [1.82, 2.24) is 19.8 Å². The van der Waals surface area contributed by atoms with Gasteiger partial charge < -0.3 is 24.5 Å². The Morgan fingerprint density at radius 3 is 2.64 bits per heavy atom. The maximum Gasteiger partial charge on any atom is 0.410 e. The first-order valence-corrected chi connectivity index (χ1v) is 13.8. The molecule has 2 atom stereocenters. The van der Waals surface area contributed by atoms with E-state index in [1.165, 1.54) is 15.9 Å². The van der Waals surface area contributed by atoms with E-state index in [1.54, 1.807) is 11.9 Å². The van der Waals surface area contributed by atoms with Gasteiger partial charge in [0, 0.05) is 38.2 Å². The Kier molecular flexibility index (Phi) is 9.47. The quantitative estimate of drug-likeness (QED) is 0.289. The third kappa shape index (κ3) is 6.37. The van der Waals surface area contributed by atoms with Crippen LogP contribution in [-0.4, -0.2) is 82.2 Å². The average Bonchev–Trinajstić information content (AvgIpc) is 2.93. The number of anilines is 1. The fourth-order valence-electron chi connectivity index (χ4n) is 4.50. The van der Waals surface area contributed by atoms with Crippen molar-refractivity contribution in [3.8, 4) is 0 Å². The molecule has 39 heavy (non-hydrogen) atoms. The predicted octanol–water partition coefficient (Wildman–Crippen LogP) is 4.89. The van der Waals surface area contributed by atoms with Gasteiger partial charge in [-0.3, -0.25) is 4.79 Å². The van der Waals surface area contributed by atoms with Gasteiger partial charge in [-0.1, -0.05) is 41.9 Å². The molecule has 1 aliphatic rings. The molecule has 2 aromatic carbocycles. The van der Waals surface area contributed by atoms with Crippen molar-refractivity contribution < 1.29 is 23.8 Å². The van der Waals surface area contributed by atoms with Gasteiger partial charge in [0.15, 0.2) is 5.82 Å². The third-order valence-corrected chi connectivity index (χ3v) is 8.01. The summed E-state index contributed by atoms with van der Waals surface area (Å²) >= 11 is 15.6. The molecule has 0 radical (unpaired) electrons. The standard InChI is InChI=1S/C26H27BrCl2FN5O4/c1-15-12-35(23-17-11-18(28)20(27)21(30)22(17)31-25(29)32-23)19(24(37)33(2)9-6-10-36)13-34(15)26(38)39-14-16-7-4-3-5-8-16/h3-5,7-8,11,15,19,36H,6,9-10,12-14H2,1-2H3. The number of aliphatic hydroxyl groups is 1. The Morgan fingerprint density at radius 2 is 1.95 bits per heavy atom. The van der Waals surface area contributed by atoms with Crippen molar-refractivity contribution >= 4 is 67.9 Å². The molecule has 1 N–H and O–H groups in total. The van der Waals surface area contributed by atoms with Crippen molar-refractivity contribution in [1.29, 1.82) is 0 Å². The molecule has 1 saturated heterocycles. The lowest BCUT2D eigenvalue weighted by molar-refractivity contribution is -0.132. The number of hydrogen-bond acceptors (Lipinski definition) is 7. The highest BCUT2D eigenvalue weighted by Gasteiger charge is 2.41. The summed E-state index contributed by atoms with van der Waals surface area (Å²) in [7, 11) is 1.62. The van der Waals surface area contributed by atoms with Crippen LogP contribution in [0.2, 0.25) is 10.3 Å². The normalized spacial score (nSPS) is 17.4. The number of carbonyl (C=O) groups excluding carboxylic acids is 2. The molecule has 0 bridgehead atoms. The number of piperazine rings is 1. The van der Waals surface area contributed by atoms with Crippen molar-refractivity contribution in [2.75, 3.05) is 38.2 Å². The number of likely N-dealkylation sites (N-methyl/N-ethyl adjacent to an activating group) is 1.